The van der Waals surface area contributed by atoms with Crippen molar-refractivity contribution in [2.24, 2.45) is 5.92 Å². The number of hydrogen-bond acceptors (Lipinski definition) is 5. The molecule has 1 N–H and O–H groups in total. The lowest BCUT2D eigenvalue weighted by Crippen LogP contribution is -2.25. The molecule has 2 unspecified atom stereocenters. The lowest BCUT2D eigenvalue weighted by Gasteiger charge is -2.20. The molecule has 1 saturated heterocycles. The summed E-state index contributed by atoms with van der Waals surface area (Å²) in [6.45, 7) is 5.70. The molecule has 0 radical (unpaired) electrons. The summed E-state index contributed by atoms with van der Waals surface area (Å²) in [5, 5.41) is 13.2. The Morgan fingerprint density at radius 3 is 3.00 bits per heavy atom. The largest absolute Gasteiger partial charge is 0.396 e. The Morgan fingerprint density at radius 1 is 1.50 bits per heavy atom. The van der Waals surface area contributed by atoms with Gasteiger partial charge in [-0.15, -0.1) is 0 Å². The van der Waals surface area contributed by atoms with Gasteiger partial charge in [-0.05, 0) is 56.5 Å². The topological polar surface area (TPSA) is 62.4 Å². The summed E-state index contributed by atoms with van der Waals surface area (Å²) in [6.07, 6.45) is 0.985. The van der Waals surface area contributed by atoms with Crippen LogP contribution in [0.3, 0.4) is 0 Å². The smallest absolute Gasteiger partial charge is 0.244 e. The van der Waals surface area contributed by atoms with Crippen LogP contribution in [0.1, 0.15) is 30.8 Å². The quantitative estimate of drug-likeness (QED) is 0.940. The van der Waals surface area contributed by atoms with E-state index in [4.69, 9.17) is 4.52 Å². The zero-order valence-electron chi connectivity index (χ0n) is 12.8. The van der Waals surface area contributed by atoms with Crippen LogP contribution in [0.15, 0.2) is 22.7 Å². The van der Waals surface area contributed by atoms with Crippen molar-refractivity contribution in [3.05, 3.63) is 35.5 Å². The van der Waals surface area contributed by atoms with Crippen LogP contribution in [0.2, 0.25) is 0 Å². The van der Waals surface area contributed by atoms with E-state index in [0.717, 1.165) is 25.1 Å². The fourth-order valence-electron chi connectivity index (χ4n) is 2.83. The van der Waals surface area contributed by atoms with Crippen LogP contribution in [0.4, 0.5) is 4.39 Å². The third-order valence-electron chi connectivity index (χ3n) is 4.34. The third kappa shape index (κ3) is 2.89. The Bertz CT molecular complexity index is 659. The first-order valence-corrected chi connectivity index (χ1v) is 7.53. The van der Waals surface area contributed by atoms with E-state index in [0.29, 0.717) is 23.2 Å². The lowest BCUT2D eigenvalue weighted by atomic mass is 10.1. The zero-order chi connectivity index (χ0) is 15.7. The number of aliphatic hydroxyl groups is 1. The van der Waals surface area contributed by atoms with Gasteiger partial charge in [0.25, 0.3) is 0 Å². The maximum atomic E-state index is 13.3. The highest BCUT2D eigenvalue weighted by Gasteiger charge is 2.29. The van der Waals surface area contributed by atoms with Crippen molar-refractivity contribution in [2.75, 3.05) is 19.7 Å². The van der Waals surface area contributed by atoms with E-state index in [-0.39, 0.29) is 18.5 Å². The van der Waals surface area contributed by atoms with Gasteiger partial charge in [0, 0.05) is 18.7 Å². The van der Waals surface area contributed by atoms with Gasteiger partial charge in [-0.3, -0.25) is 4.90 Å². The van der Waals surface area contributed by atoms with Crippen molar-refractivity contribution in [1.29, 1.82) is 0 Å². The minimum Gasteiger partial charge on any atom is -0.396 e. The Balaban J connectivity index is 1.77. The van der Waals surface area contributed by atoms with Crippen LogP contribution < -0.4 is 0 Å². The minimum absolute atomic E-state index is 0.0133. The first-order valence-electron chi connectivity index (χ1n) is 7.53. The molecule has 0 amide bonds. The summed E-state index contributed by atoms with van der Waals surface area (Å²) in [5.74, 6) is 1.11. The average molecular weight is 305 g/mol. The Kier molecular flexibility index (Phi) is 4.22. The second kappa shape index (κ2) is 6.14. The molecule has 1 fully saturated rings. The summed E-state index contributed by atoms with van der Waals surface area (Å²) < 4.78 is 18.7. The summed E-state index contributed by atoms with van der Waals surface area (Å²) in [7, 11) is 0. The molecule has 22 heavy (non-hydrogen) atoms. The normalized spacial score (nSPS) is 20.5. The first kappa shape index (κ1) is 15.1. The number of aromatic nitrogens is 2. The Hall–Kier alpha value is -1.79. The maximum absolute atomic E-state index is 13.3. The number of nitrogens with zero attached hydrogens (tertiary/aromatic N) is 3. The predicted molar refractivity (Wildman–Crippen MR) is 79.6 cm³/mol. The molecule has 118 valence electrons. The zero-order valence-corrected chi connectivity index (χ0v) is 12.8. The van der Waals surface area contributed by atoms with Crippen molar-refractivity contribution >= 4 is 0 Å². The van der Waals surface area contributed by atoms with Crippen LogP contribution in [-0.2, 0) is 0 Å². The molecule has 1 aliphatic heterocycles. The van der Waals surface area contributed by atoms with Crippen LogP contribution >= 0.6 is 0 Å². The molecule has 1 aromatic carbocycles. The van der Waals surface area contributed by atoms with Gasteiger partial charge in [0.05, 0.1) is 6.04 Å². The average Bonchev–Trinajstić information content (AvgIpc) is 3.18. The highest BCUT2D eigenvalue weighted by molar-refractivity contribution is 5.55. The second-order valence-corrected chi connectivity index (χ2v) is 5.93. The van der Waals surface area contributed by atoms with Gasteiger partial charge in [0.15, 0.2) is 0 Å². The summed E-state index contributed by atoms with van der Waals surface area (Å²) in [5.41, 5.74) is 1.30. The van der Waals surface area contributed by atoms with Gasteiger partial charge in [-0.25, -0.2) is 4.39 Å². The summed E-state index contributed by atoms with van der Waals surface area (Å²) >= 11 is 0. The molecule has 6 heteroatoms. The van der Waals surface area contributed by atoms with E-state index < -0.39 is 0 Å². The van der Waals surface area contributed by atoms with Crippen molar-refractivity contribution in [1.82, 2.24) is 15.0 Å². The van der Waals surface area contributed by atoms with Crippen molar-refractivity contribution in [3.8, 4) is 11.4 Å². The van der Waals surface area contributed by atoms with Gasteiger partial charge < -0.3 is 9.63 Å². The number of likely N-dealkylation sites (tertiary alicyclic amines) is 1. The van der Waals surface area contributed by atoms with Crippen LogP contribution in [0.5, 0.6) is 0 Å². The van der Waals surface area contributed by atoms with E-state index >= 15 is 0 Å². The van der Waals surface area contributed by atoms with Crippen LogP contribution in [-0.4, -0.2) is 39.8 Å². The molecule has 0 spiro atoms. The number of rotatable bonds is 4. The van der Waals surface area contributed by atoms with Crippen LogP contribution in [0, 0.1) is 18.7 Å². The first-order chi connectivity index (χ1) is 10.6. The van der Waals surface area contributed by atoms with E-state index in [1.165, 1.54) is 6.07 Å². The molecule has 2 atom stereocenters. The van der Waals surface area contributed by atoms with Crippen molar-refractivity contribution < 1.29 is 14.0 Å². The molecule has 0 bridgehead atoms. The SMILES string of the molecule is Cc1cc(-c2noc(C(C)N3CCC(CO)C3)n2)ccc1F. The minimum atomic E-state index is -0.243. The monoisotopic (exact) mass is 305 g/mol. The third-order valence-corrected chi connectivity index (χ3v) is 4.34. The molecule has 2 aromatic rings. The number of hydrogen-bond donors (Lipinski definition) is 1. The van der Waals surface area contributed by atoms with Crippen molar-refractivity contribution in [2.45, 2.75) is 26.3 Å². The maximum Gasteiger partial charge on any atom is 0.244 e. The molecular weight excluding hydrogens is 285 g/mol. The Morgan fingerprint density at radius 2 is 2.32 bits per heavy atom. The fourth-order valence-corrected chi connectivity index (χ4v) is 2.83. The predicted octanol–water partition coefficient (Wildman–Crippen LogP) is 2.56. The molecule has 3 rings (SSSR count). The molecule has 5 nitrogen and oxygen atoms in total. The highest BCUT2D eigenvalue weighted by Crippen LogP contribution is 2.28. The summed E-state index contributed by atoms with van der Waals surface area (Å²) in [4.78, 5) is 6.67. The van der Waals surface area contributed by atoms with Gasteiger partial charge >= 0.3 is 0 Å². The van der Waals surface area contributed by atoms with Gasteiger partial charge in [0.2, 0.25) is 11.7 Å². The van der Waals surface area contributed by atoms with E-state index in [2.05, 4.69) is 15.0 Å². The summed E-state index contributed by atoms with van der Waals surface area (Å²) in [6, 6.07) is 4.79. The van der Waals surface area contributed by atoms with E-state index in [1.807, 2.05) is 6.92 Å². The van der Waals surface area contributed by atoms with Crippen molar-refractivity contribution in [3.63, 3.8) is 0 Å². The van der Waals surface area contributed by atoms with E-state index in [1.54, 1.807) is 19.1 Å². The number of aryl methyl sites for hydroxylation is 1. The molecular formula is C16H20FN3O2. The fraction of sp³-hybridized carbons (Fsp3) is 0.500. The molecule has 0 saturated carbocycles. The highest BCUT2D eigenvalue weighted by atomic mass is 19.1. The van der Waals surface area contributed by atoms with Gasteiger partial charge in [0.1, 0.15) is 5.82 Å². The van der Waals surface area contributed by atoms with Gasteiger partial charge in [-0.1, -0.05) is 5.16 Å². The standard InChI is InChI=1S/C16H20FN3O2/c1-10-7-13(3-4-14(10)17)15-18-16(22-19-15)11(2)20-6-5-12(8-20)9-21/h3-4,7,11-12,21H,5-6,8-9H2,1-2H3. The Labute approximate surface area is 128 Å². The molecule has 1 aromatic heterocycles. The lowest BCUT2D eigenvalue weighted by molar-refractivity contribution is 0.182. The molecule has 0 aliphatic carbocycles. The number of benzene rings is 1. The van der Waals surface area contributed by atoms with Crippen LogP contribution in [0.25, 0.3) is 11.4 Å². The second-order valence-electron chi connectivity index (χ2n) is 5.93. The molecule has 1 aliphatic rings. The molecule has 2 heterocycles. The van der Waals surface area contributed by atoms with E-state index in [9.17, 15) is 9.50 Å². The number of halogens is 1. The van der Waals surface area contributed by atoms with Gasteiger partial charge in [-0.2, -0.15) is 4.98 Å². The number of aliphatic hydroxyl groups excluding tert-OH is 1.